The summed E-state index contributed by atoms with van der Waals surface area (Å²) in [5, 5.41) is 8.84. The second-order valence-electron chi connectivity index (χ2n) is 3.85. The van der Waals surface area contributed by atoms with Gasteiger partial charge in [-0.25, -0.2) is 4.79 Å². The Hall–Kier alpha value is -2.03. The highest BCUT2D eigenvalue weighted by atomic mass is 16.4. The van der Waals surface area contributed by atoms with E-state index < -0.39 is 5.97 Å². The quantitative estimate of drug-likeness (QED) is 0.809. The first-order valence-electron chi connectivity index (χ1n) is 5.08. The second kappa shape index (κ2) is 3.85. The van der Waals surface area contributed by atoms with E-state index in [4.69, 9.17) is 5.11 Å². The van der Waals surface area contributed by atoms with Gasteiger partial charge in [-0.1, -0.05) is 18.2 Å². The van der Waals surface area contributed by atoms with Crippen molar-refractivity contribution in [3.63, 3.8) is 0 Å². The monoisotopic (exact) mass is 215 g/mol. The maximum atomic E-state index is 10.8. The largest absolute Gasteiger partial charge is 0.477 e. The first-order chi connectivity index (χ1) is 7.59. The lowest BCUT2D eigenvalue weighted by molar-refractivity contribution is 0.0691. The van der Waals surface area contributed by atoms with Crippen LogP contribution in [0.5, 0.6) is 0 Å². The fourth-order valence-electron chi connectivity index (χ4n) is 1.74. The van der Waals surface area contributed by atoms with Crippen molar-refractivity contribution in [1.29, 1.82) is 0 Å². The number of rotatable bonds is 2. The van der Waals surface area contributed by atoms with Crippen LogP contribution in [-0.4, -0.2) is 16.1 Å². The number of carbonyl (C=O) groups is 1. The fraction of sp³-hybridized carbons (Fsp3) is 0.154. The molecular formula is C13H13NO2. The van der Waals surface area contributed by atoms with Gasteiger partial charge in [-0.3, -0.25) is 0 Å². The molecular weight excluding hydrogens is 202 g/mol. The van der Waals surface area contributed by atoms with Crippen molar-refractivity contribution < 1.29 is 9.90 Å². The number of aromatic nitrogens is 1. The number of aromatic carboxylic acids is 1. The van der Waals surface area contributed by atoms with Gasteiger partial charge in [-0.05, 0) is 36.6 Å². The summed E-state index contributed by atoms with van der Waals surface area (Å²) in [4.78, 5) is 13.5. The van der Waals surface area contributed by atoms with Gasteiger partial charge in [0.1, 0.15) is 5.69 Å². The summed E-state index contributed by atoms with van der Waals surface area (Å²) >= 11 is 0. The van der Waals surface area contributed by atoms with Crippen molar-refractivity contribution in [3.05, 3.63) is 47.3 Å². The minimum atomic E-state index is -0.934. The molecule has 0 unspecified atom stereocenters. The lowest BCUT2D eigenvalue weighted by atomic mass is 9.99. The molecule has 0 saturated carbocycles. The molecule has 1 aromatic carbocycles. The number of carboxylic acid groups (broad SMARTS) is 1. The zero-order valence-corrected chi connectivity index (χ0v) is 9.24. The summed E-state index contributed by atoms with van der Waals surface area (Å²) < 4.78 is 0. The zero-order valence-electron chi connectivity index (χ0n) is 9.24. The Morgan fingerprint density at radius 1 is 1.31 bits per heavy atom. The molecule has 2 aromatic rings. The van der Waals surface area contributed by atoms with Crippen LogP contribution in [0.1, 0.15) is 21.6 Å². The van der Waals surface area contributed by atoms with E-state index in [-0.39, 0.29) is 5.69 Å². The summed E-state index contributed by atoms with van der Waals surface area (Å²) in [5.41, 5.74) is 4.59. The van der Waals surface area contributed by atoms with Gasteiger partial charge in [-0.2, -0.15) is 0 Å². The predicted molar refractivity (Wildman–Crippen MR) is 62.7 cm³/mol. The molecule has 1 heterocycles. The Morgan fingerprint density at radius 2 is 2.06 bits per heavy atom. The highest BCUT2D eigenvalue weighted by Crippen LogP contribution is 2.25. The van der Waals surface area contributed by atoms with Gasteiger partial charge < -0.3 is 10.1 Å². The molecule has 1 aromatic heterocycles. The number of H-pyrrole nitrogens is 1. The van der Waals surface area contributed by atoms with Gasteiger partial charge in [-0.15, -0.1) is 0 Å². The maximum absolute atomic E-state index is 10.8. The van der Waals surface area contributed by atoms with Crippen LogP contribution >= 0.6 is 0 Å². The number of aryl methyl sites for hydroxylation is 1. The van der Waals surface area contributed by atoms with Gasteiger partial charge in [0.25, 0.3) is 0 Å². The number of hydrogen-bond acceptors (Lipinski definition) is 1. The lowest BCUT2D eigenvalue weighted by Gasteiger charge is -2.05. The zero-order chi connectivity index (χ0) is 11.7. The molecule has 16 heavy (non-hydrogen) atoms. The van der Waals surface area contributed by atoms with E-state index in [1.165, 1.54) is 11.1 Å². The van der Waals surface area contributed by atoms with Crippen molar-refractivity contribution in [3.8, 4) is 11.1 Å². The average Bonchev–Trinajstić information content (AvgIpc) is 2.71. The molecule has 82 valence electrons. The Labute approximate surface area is 93.7 Å². The Morgan fingerprint density at radius 3 is 2.69 bits per heavy atom. The van der Waals surface area contributed by atoms with Crippen molar-refractivity contribution in [2.45, 2.75) is 13.8 Å². The average molecular weight is 215 g/mol. The van der Waals surface area contributed by atoms with Crippen LogP contribution in [0.25, 0.3) is 11.1 Å². The van der Waals surface area contributed by atoms with Crippen molar-refractivity contribution in [1.82, 2.24) is 4.98 Å². The summed E-state index contributed by atoms with van der Waals surface area (Å²) in [6, 6.07) is 7.68. The summed E-state index contributed by atoms with van der Waals surface area (Å²) in [7, 11) is 0. The predicted octanol–water partition coefficient (Wildman–Crippen LogP) is 3.00. The standard InChI is InChI=1S/C13H13NO2/c1-8-4-3-5-11(9(8)2)10-6-12(13(15)16)14-7-10/h3-7,14H,1-2H3,(H,15,16). The third-order valence-electron chi connectivity index (χ3n) is 2.83. The van der Waals surface area contributed by atoms with Crippen LogP contribution in [0.3, 0.4) is 0 Å². The van der Waals surface area contributed by atoms with E-state index in [1.807, 2.05) is 32.0 Å². The van der Waals surface area contributed by atoms with Crippen LogP contribution < -0.4 is 0 Å². The Kier molecular flexibility index (Phi) is 2.52. The highest BCUT2D eigenvalue weighted by molar-refractivity contribution is 5.88. The van der Waals surface area contributed by atoms with E-state index in [1.54, 1.807) is 12.3 Å². The van der Waals surface area contributed by atoms with Crippen molar-refractivity contribution >= 4 is 5.97 Å². The molecule has 0 radical (unpaired) electrons. The third kappa shape index (κ3) is 1.72. The van der Waals surface area contributed by atoms with Crippen LogP contribution in [0, 0.1) is 13.8 Å². The molecule has 0 amide bonds. The minimum Gasteiger partial charge on any atom is -0.477 e. The molecule has 0 saturated heterocycles. The molecule has 0 atom stereocenters. The van der Waals surface area contributed by atoms with Crippen molar-refractivity contribution in [2.24, 2.45) is 0 Å². The first-order valence-corrected chi connectivity index (χ1v) is 5.08. The molecule has 3 nitrogen and oxygen atoms in total. The summed E-state index contributed by atoms with van der Waals surface area (Å²) in [5.74, 6) is -0.934. The van der Waals surface area contributed by atoms with Crippen LogP contribution in [0.4, 0.5) is 0 Å². The SMILES string of the molecule is Cc1cccc(-c2c[nH]c(C(=O)O)c2)c1C. The smallest absolute Gasteiger partial charge is 0.352 e. The minimum absolute atomic E-state index is 0.218. The number of hydrogen-bond donors (Lipinski definition) is 2. The maximum Gasteiger partial charge on any atom is 0.352 e. The van der Waals surface area contributed by atoms with E-state index in [0.29, 0.717) is 0 Å². The van der Waals surface area contributed by atoms with E-state index in [2.05, 4.69) is 4.98 Å². The molecule has 0 aliphatic carbocycles. The topological polar surface area (TPSA) is 53.1 Å². The molecule has 2 N–H and O–H groups in total. The van der Waals surface area contributed by atoms with Crippen LogP contribution in [0.15, 0.2) is 30.5 Å². The number of nitrogens with one attached hydrogen (secondary N) is 1. The molecule has 0 spiro atoms. The molecule has 0 bridgehead atoms. The number of aromatic amines is 1. The second-order valence-corrected chi connectivity index (χ2v) is 3.85. The van der Waals surface area contributed by atoms with Gasteiger partial charge in [0.2, 0.25) is 0 Å². The van der Waals surface area contributed by atoms with Gasteiger partial charge >= 0.3 is 5.97 Å². The van der Waals surface area contributed by atoms with Gasteiger partial charge in [0, 0.05) is 11.8 Å². The van der Waals surface area contributed by atoms with Crippen molar-refractivity contribution in [2.75, 3.05) is 0 Å². The van der Waals surface area contributed by atoms with Gasteiger partial charge in [0.05, 0.1) is 0 Å². The number of benzene rings is 1. The fourth-order valence-corrected chi connectivity index (χ4v) is 1.74. The molecule has 0 aliphatic heterocycles. The molecule has 0 fully saturated rings. The van der Waals surface area contributed by atoms with Crippen LogP contribution in [0.2, 0.25) is 0 Å². The molecule has 3 heteroatoms. The molecule has 2 rings (SSSR count). The van der Waals surface area contributed by atoms with E-state index in [9.17, 15) is 4.79 Å². The summed E-state index contributed by atoms with van der Waals surface area (Å²) in [6.07, 6.45) is 1.73. The van der Waals surface area contributed by atoms with E-state index >= 15 is 0 Å². The highest BCUT2D eigenvalue weighted by Gasteiger charge is 2.09. The molecule has 0 aliphatic rings. The lowest BCUT2D eigenvalue weighted by Crippen LogP contribution is -1.94. The normalized spacial score (nSPS) is 10.4. The third-order valence-corrected chi connectivity index (χ3v) is 2.83. The van der Waals surface area contributed by atoms with E-state index in [0.717, 1.165) is 11.1 Å². The Bertz CT molecular complexity index is 541. The van der Waals surface area contributed by atoms with Gasteiger partial charge in [0.15, 0.2) is 0 Å². The summed E-state index contributed by atoms with van der Waals surface area (Å²) in [6.45, 7) is 4.09. The number of carboxylic acids is 1. The Balaban J connectivity index is 2.50. The van der Waals surface area contributed by atoms with Crippen LogP contribution in [-0.2, 0) is 0 Å². The first kappa shape index (κ1) is 10.5.